The number of benzene rings is 4. The van der Waals surface area contributed by atoms with Crippen LogP contribution < -0.4 is 26.5 Å². The third kappa shape index (κ3) is 7.29. The summed E-state index contributed by atoms with van der Waals surface area (Å²) >= 11 is -0.106. The molecule has 192 valence electrons. The Balaban J connectivity index is 0.000000861. The summed E-state index contributed by atoms with van der Waals surface area (Å²) in [5.74, 6) is 0. The number of hydrogen-bond donors (Lipinski definition) is 1. The zero-order chi connectivity index (χ0) is 24.3. The topological polar surface area (TPSA) is 12.0 Å². The average molecular weight is 689 g/mol. The molecule has 1 saturated heterocycles. The molecule has 0 spiro atoms. The smallest absolute Gasteiger partial charge is 0.170 e. The summed E-state index contributed by atoms with van der Waals surface area (Å²) in [5.41, 5.74) is 0. The van der Waals surface area contributed by atoms with Gasteiger partial charge >= 0.3 is 35.0 Å². The molecule has 0 aromatic heterocycles. The first-order valence-corrected chi connectivity index (χ1v) is 18.1. The van der Waals surface area contributed by atoms with Crippen LogP contribution in [0.4, 0.5) is 0 Å². The summed E-state index contributed by atoms with van der Waals surface area (Å²) < 4.78 is 1.11. The second-order valence-corrected chi connectivity index (χ2v) is 15.6. The fourth-order valence-corrected chi connectivity index (χ4v) is 12.0. The van der Waals surface area contributed by atoms with Crippen molar-refractivity contribution in [3.8, 4) is 0 Å². The standard InChI is InChI=1S/C28H29N2P2.2ClH.Fe.Pd/c1-5-13-25(14-6-1)31(26-15-7-2-8-16-26)30(23-21-29-22-24-30)32(27-17-9-3-10-18-27)28-19-11-4-12-20-28;;;;/h1-20,29H,21-24H2;2*1H;;/q+1;;;;+2/p-2. The van der Waals surface area contributed by atoms with E-state index in [0.29, 0.717) is 0 Å². The number of piperazine rings is 1. The van der Waals surface area contributed by atoms with E-state index in [1.807, 2.05) is 0 Å². The van der Waals surface area contributed by atoms with Gasteiger partial charge in [0.25, 0.3) is 0 Å². The molecule has 0 saturated carbocycles. The molecule has 1 aliphatic rings. The maximum absolute atomic E-state index is 4.81. The molecule has 0 amide bonds. The summed E-state index contributed by atoms with van der Waals surface area (Å²) in [4.78, 5) is 0. The Morgan fingerprint density at radius 1 is 0.528 bits per heavy atom. The van der Waals surface area contributed by atoms with Crippen molar-refractivity contribution >= 4 is 56.4 Å². The summed E-state index contributed by atoms with van der Waals surface area (Å²) in [6, 6.07) is 45.0. The molecule has 5 rings (SSSR count). The van der Waals surface area contributed by atoms with Crippen LogP contribution in [0.5, 0.6) is 0 Å². The molecular formula is C28H29Cl2FeN2P2Pd+. The Labute approximate surface area is 244 Å². The van der Waals surface area contributed by atoms with Gasteiger partial charge < -0.3 is 5.32 Å². The van der Waals surface area contributed by atoms with Crippen LogP contribution in [0.25, 0.3) is 0 Å². The van der Waals surface area contributed by atoms with E-state index in [4.69, 9.17) is 19.1 Å². The molecule has 0 bridgehead atoms. The van der Waals surface area contributed by atoms with Crippen LogP contribution in [0, 0.1) is 0 Å². The van der Waals surface area contributed by atoms with Gasteiger partial charge in [0.1, 0.15) is 0 Å². The molecular weight excluding hydrogens is 659 g/mol. The number of nitrogens with one attached hydrogen (secondary N) is 1. The van der Waals surface area contributed by atoms with Crippen molar-refractivity contribution < 1.29 is 37.0 Å². The van der Waals surface area contributed by atoms with Crippen molar-refractivity contribution in [3.05, 3.63) is 121 Å². The molecule has 0 unspecified atom stereocenters. The van der Waals surface area contributed by atoms with Crippen molar-refractivity contribution in [2.75, 3.05) is 26.2 Å². The van der Waals surface area contributed by atoms with Gasteiger partial charge in [0.15, 0.2) is 16.1 Å². The van der Waals surface area contributed by atoms with E-state index >= 15 is 0 Å². The number of nitrogens with zero attached hydrogens (tertiary/aromatic N) is 1. The fraction of sp³-hybridized carbons (Fsp3) is 0.143. The van der Waals surface area contributed by atoms with Crippen LogP contribution >= 0.6 is 35.2 Å². The average Bonchev–Trinajstić information content (AvgIpc) is 2.92. The predicted octanol–water partition coefficient (Wildman–Crippen LogP) is 5.88. The van der Waals surface area contributed by atoms with E-state index in [-0.39, 0.29) is 33.0 Å². The van der Waals surface area contributed by atoms with Crippen molar-refractivity contribution in [1.29, 1.82) is 0 Å². The first-order valence-electron chi connectivity index (χ1n) is 11.5. The number of rotatable bonds is 6. The molecule has 0 aliphatic carbocycles. The Kier molecular flexibility index (Phi) is 13.1. The first kappa shape index (κ1) is 30.0. The summed E-state index contributed by atoms with van der Waals surface area (Å²) in [7, 11) is 8.40. The minimum Gasteiger partial charge on any atom is -0.306 e. The number of quaternary nitrogens is 1. The second kappa shape index (κ2) is 15.7. The van der Waals surface area contributed by atoms with Gasteiger partial charge in [-0.1, -0.05) is 72.8 Å². The molecule has 0 atom stereocenters. The first-order chi connectivity index (χ1) is 17.3. The third-order valence-electron chi connectivity index (χ3n) is 6.04. The summed E-state index contributed by atoms with van der Waals surface area (Å²) in [6.45, 7) is 4.37. The van der Waals surface area contributed by atoms with Gasteiger partial charge in [0, 0.05) is 51.4 Å². The van der Waals surface area contributed by atoms with Crippen LogP contribution in [0.3, 0.4) is 0 Å². The molecule has 4 aromatic rings. The zero-order valence-electron chi connectivity index (χ0n) is 19.6. The maximum atomic E-state index is 4.81. The zero-order valence-corrected chi connectivity index (χ0v) is 25.6. The molecule has 1 aliphatic heterocycles. The van der Waals surface area contributed by atoms with Crippen molar-refractivity contribution in [2.45, 2.75) is 0 Å². The Morgan fingerprint density at radius 3 is 1.03 bits per heavy atom. The summed E-state index contributed by atoms with van der Waals surface area (Å²) in [6.07, 6.45) is 0. The van der Waals surface area contributed by atoms with Crippen LogP contribution in [0.2, 0.25) is 0 Å². The molecule has 1 N–H and O–H groups in total. The molecule has 8 heteroatoms. The second-order valence-electron chi connectivity index (χ2n) is 8.09. The molecule has 36 heavy (non-hydrogen) atoms. The van der Waals surface area contributed by atoms with Gasteiger partial charge in [-0.05, 0) is 48.5 Å². The van der Waals surface area contributed by atoms with Crippen LogP contribution in [-0.4, -0.2) is 30.2 Å². The Hall–Kier alpha value is -0.578. The van der Waals surface area contributed by atoms with Crippen LogP contribution in [0.15, 0.2) is 121 Å². The van der Waals surface area contributed by atoms with Gasteiger partial charge in [-0.3, -0.25) is 4.02 Å². The van der Waals surface area contributed by atoms with Crippen molar-refractivity contribution in [1.82, 2.24) is 5.32 Å². The Bertz CT molecular complexity index is 975. The summed E-state index contributed by atoms with van der Waals surface area (Å²) in [5, 5.41) is 9.53. The Morgan fingerprint density at radius 2 is 0.778 bits per heavy atom. The quantitative estimate of drug-likeness (QED) is 0.197. The third-order valence-corrected chi connectivity index (χ3v) is 12.6. The molecule has 4 aromatic carbocycles. The molecule has 2 nitrogen and oxygen atoms in total. The monoisotopic (exact) mass is 687 g/mol. The fourth-order valence-electron chi connectivity index (χ4n) is 4.68. The largest absolute Gasteiger partial charge is 0.306 e. The minimum absolute atomic E-state index is 0. The van der Waals surface area contributed by atoms with Crippen molar-refractivity contribution in [3.63, 3.8) is 0 Å². The van der Waals surface area contributed by atoms with E-state index in [0.717, 1.165) is 30.2 Å². The van der Waals surface area contributed by atoms with E-state index in [2.05, 4.69) is 127 Å². The van der Waals surface area contributed by atoms with Gasteiger partial charge in [0.2, 0.25) is 0 Å². The van der Waals surface area contributed by atoms with E-state index < -0.39 is 16.1 Å². The van der Waals surface area contributed by atoms with Crippen molar-refractivity contribution in [2.24, 2.45) is 0 Å². The molecule has 0 radical (unpaired) electrons. The predicted molar refractivity (Wildman–Crippen MR) is 153 cm³/mol. The molecule has 1 fully saturated rings. The van der Waals surface area contributed by atoms with Gasteiger partial charge in [-0.25, -0.2) is 0 Å². The SMILES string of the molecule is [Cl][Pd][Cl].[Fe].c1ccc(P(c2ccccc2)[N+]2(P(c3ccccc3)c3ccccc3)CCNCC2)cc1. The minimum atomic E-state index is -0.614. The maximum Gasteiger partial charge on any atom is 0.170 e. The number of hydrogen-bond acceptors (Lipinski definition) is 1. The van der Waals surface area contributed by atoms with Crippen LogP contribution in [-0.2, 0) is 33.0 Å². The van der Waals surface area contributed by atoms with Gasteiger partial charge in [-0.15, -0.1) is 0 Å². The normalized spacial score (nSPS) is 14.6. The van der Waals surface area contributed by atoms with E-state index in [1.54, 1.807) is 0 Å². The van der Waals surface area contributed by atoms with Gasteiger partial charge in [-0.2, -0.15) is 0 Å². The van der Waals surface area contributed by atoms with E-state index in [1.165, 1.54) is 21.2 Å². The van der Waals surface area contributed by atoms with Crippen LogP contribution in [0.1, 0.15) is 0 Å². The molecule has 1 heterocycles. The van der Waals surface area contributed by atoms with Gasteiger partial charge in [0.05, 0.1) is 13.1 Å². The van der Waals surface area contributed by atoms with E-state index in [9.17, 15) is 0 Å². The number of halogens is 2.